The molecule has 0 bridgehead atoms. The summed E-state index contributed by atoms with van der Waals surface area (Å²) in [7, 11) is 1.62. The molecule has 104 valence electrons. The van der Waals surface area contributed by atoms with Crippen LogP contribution in [0.15, 0.2) is 53.0 Å². The summed E-state index contributed by atoms with van der Waals surface area (Å²) < 4.78 is 6.02. The molecule has 1 amide bonds. The highest BCUT2D eigenvalue weighted by Gasteiger charge is 2.06. The van der Waals surface area contributed by atoms with Gasteiger partial charge in [0.15, 0.2) is 0 Å². The monoisotopic (exact) mass is 333 g/mol. The zero-order valence-electron chi connectivity index (χ0n) is 11.2. The van der Waals surface area contributed by atoms with Crippen LogP contribution in [0.1, 0.15) is 11.1 Å². The van der Waals surface area contributed by atoms with Gasteiger partial charge in [-0.15, -0.1) is 0 Å². The van der Waals surface area contributed by atoms with Gasteiger partial charge in [0.25, 0.3) is 0 Å². The number of halogens is 1. The number of hydrogen-bond donors (Lipinski definition) is 1. The van der Waals surface area contributed by atoms with E-state index in [-0.39, 0.29) is 5.91 Å². The molecule has 2 rings (SSSR count). The number of ether oxygens (including phenoxy) is 1. The number of nitrogens with one attached hydrogen (secondary N) is 1. The van der Waals surface area contributed by atoms with E-state index in [2.05, 4.69) is 21.2 Å². The molecule has 0 spiro atoms. The molecule has 0 aliphatic carbocycles. The van der Waals surface area contributed by atoms with Crippen molar-refractivity contribution in [2.45, 2.75) is 13.0 Å². The first-order valence-corrected chi connectivity index (χ1v) is 7.11. The van der Waals surface area contributed by atoms with Crippen molar-refractivity contribution in [1.82, 2.24) is 5.32 Å². The van der Waals surface area contributed by atoms with E-state index >= 15 is 0 Å². The van der Waals surface area contributed by atoms with Crippen LogP contribution in [0.4, 0.5) is 0 Å². The van der Waals surface area contributed by atoms with E-state index in [1.54, 1.807) is 7.11 Å². The fourth-order valence-corrected chi connectivity index (χ4v) is 2.45. The highest BCUT2D eigenvalue weighted by atomic mass is 79.9. The summed E-state index contributed by atoms with van der Waals surface area (Å²) in [5.74, 6) is 0.768. The first-order chi connectivity index (χ1) is 9.69. The van der Waals surface area contributed by atoms with Crippen LogP contribution in [0.25, 0.3) is 0 Å². The predicted octanol–water partition coefficient (Wildman–Crippen LogP) is 3.32. The van der Waals surface area contributed by atoms with Crippen LogP contribution >= 0.6 is 15.9 Å². The van der Waals surface area contributed by atoms with Crippen molar-refractivity contribution >= 4 is 21.8 Å². The van der Waals surface area contributed by atoms with Gasteiger partial charge in [0.2, 0.25) is 5.91 Å². The summed E-state index contributed by atoms with van der Waals surface area (Å²) in [5.41, 5.74) is 2.04. The second-order valence-electron chi connectivity index (χ2n) is 4.41. The van der Waals surface area contributed by atoms with E-state index in [0.717, 1.165) is 21.3 Å². The van der Waals surface area contributed by atoms with Crippen LogP contribution in [0, 0.1) is 0 Å². The van der Waals surface area contributed by atoms with E-state index in [0.29, 0.717) is 13.0 Å². The summed E-state index contributed by atoms with van der Waals surface area (Å²) >= 11 is 3.42. The Morgan fingerprint density at radius 2 is 1.90 bits per heavy atom. The third-order valence-corrected chi connectivity index (χ3v) is 3.53. The second-order valence-corrected chi connectivity index (χ2v) is 5.26. The largest absolute Gasteiger partial charge is 0.496 e. The zero-order valence-corrected chi connectivity index (χ0v) is 12.8. The van der Waals surface area contributed by atoms with Gasteiger partial charge < -0.3 is 10.1 Å². The van der Waals surface area contributed by atoms with Gasteiger partial charge in [-0.3, -0.25) is 4.79 Å². The molecule has 20 heavy (non-hydrogen) atoms. The SMILES string of the molecule is COc1ccc(CC(=O)NCc2ccccc2)cc1Br. The number of hydrogen-bond acceptors (Lipinski definition) is 2. The lowest BCUT2D eigenvalue weighted by Crippen LogP contribution is -2.24. The Morgan fingerprint density at radius 3 is 2.55 bits per heavy atom. The Morgan fingerprint density at radius 1 is 1.15 bits per heavy atom. The van der Waals surface area contributed by atoms with Gasteiger partial charge in [0.1, 0.15) is 5.75 Å². The molecule has 0 radical (unpaired) electrons. The fraction of sp³-hybridized carbons (Fsp3) is 0.188. The molecule has 0 heterocycles. The van der Waals surface area contributed by atoms with Gasteiger partial charge in [-0.05, 0) is 39.2 Å². The maximum absolute atomic E-state index is 11.9. The van der Waals surface area contributed by atoms with Gasteiger partial charge in [-0.25, -0.2) is 0 Å². The molecule has 0 fully saturated rings. The molecule has 0 saturated heterocycles. The first-order valence-electron chi connectivity index (χ1n) is 6.32. The van der Waals surface area contributed by atoms with Crippen LogP contribution in [-0.4, -0.2) is 13.0 Å². The average Bonchev–Trinajstić information content (AvgIpc) is 2.46. The Bertz CT molecular complexity index is 584. The first kappa shape index (κ1) is 14.6. The number of methoxy groups -OCH3 is 1. The topological polar surface area (TPSA) is 38.3 Å². The molecule has 2 aromatic carbocycles. The minimum absolute atomic E-state index is 0.00548. The van der Waals surface area contributed by atoms with Gasteiger partial charge >= 0.3 is 0 Å². The molecule has 0 unspecified atom stereocenters. The smallest absolute Gasteiger partial charge is 0.224 e. The van der Waals surface area contributed by atoms with Crippen molar-refractivity contribution in [3.8, 4) is 5.75 Å². The number of rotatable bonds is 5. The van der Waals surface area contributed by atoms with Crippen LogP contribution in [0.3, 0.4) is 0 Å². The fourth-order valence-electron chi connectivity index (χ4n) is 1.86. The quantitative estimate of drug-likeness (QED) is 0.911. The van der Waals surface area contributed by atoms with E-state index in [9.17, 15) is 4.79 Å². The molecule has 0 atom stereocenters. The van der Waals surface area contributed by atoms with E-state index in [4.69, 9.17) is 4.74 Å². The van der Waals surface area contributed by atoms with Gasteiger partial charge in [0.05, 0.1) is 18.0 Å². The van der Waals surface area contributed by atoms with Crippen molar-refractivity contribution in [1.29, 1.82) is 0 Å². The summed E-state index contributed by atoms with van der Waals surface area (Å²) in [5, 5.41) is 2.91. The summed E-state index contributed by atoms with van der Waals surface area (Å²) in [6.45, 7) is 0.553. The third kappa shape index (κ3) is 4.10. The van der Waals surface area contributed by atoms with Crippen LogP contribution < -0.4 is 10.1 Å². The van der Waals surface area contributed by atoms with Crippen LogP contribution in [0.5, 0.6) is 5.75 Å². The maximum Gasteiger partial charge on any atom is 0.224 e. The van der Waals surface area contributed by atoms with E-state index < -0.39 is 0 Å². The van der Waals surface area contributed by atoms with Crippen LogP contribution in [-0.2, 0) is 17.8 Å². The van der Waals surface area contributed by atoms with Gasteiger partial charge in [-0.2, -0.15) is 0 Å². The molecule has 3 nitrogen and oxygen atoms in total. The molecule has 1 N–H and O–H groups in total. The molecule has 4 heteroatoms. The number of amides is 1. The molecule has 0 aliphatic rings. The number of carbonyl (C=O) groups excluding carboxylic acids is 1. The number of benzene rings is 2. The molecular formula is C16H16BrNO2. The summed E-state index contributed by atoms with van der Waals surface area (Å²) in [6.07, 6.45) is 0.357. The van der Waals surface area contributed by atoms with Crippen molar-refractivity contribution in [3.63, 3.8) is 0 Å². The highest BCUT2D eigenvalue weighted by Crippen LogP contribution is 2.25. The van der Waals surface area contributed by atoms with E-state index in [1.807, 2.05) is 48.5 Å². The Hall–Kier alpha value is -1.81. The maximum atomic E-state index is 11.9. The third-order valence-electron chi connectivity index (χ3n) is 2.91. The molecule has 2 aromatic rings. The lowest BCUT2D eigenvalue weighted by Gasteiger charge is -2.07. The Kier molecular flexibility index (Phi) is 5.18. The second kappa shape index (κ2) is 7.10. The highest BCUT2D eigenvalue weighted by molar-refractivity contribution is 9.10. The minimum Gasteiger partial charge on any atom is -0.496 e. The minimum atomic E-state index is 0.00548. The van der Waals surface area contributed by atoms with Gasteiger partial charge in [0, 0.05) is 6.54 Å². The zero-order chi connectivity index (χ0) is 14.4. The summed E-state index contributed by atoms with van der Waals surface area (Å²) in [4.78, 5) is 11.9. The molecule has 0 saturated carbocycles. The summed E-state index contributed by atoms with van der Waals surface area (Å²) in [6, 6.07) is 15.5. The van der Waals surface area contributed by atoms with Crippen molar-refractivity contribution in [3.05, 3.63) is 64.1 Å². The average molecular weight is 334 g/mol. The lowest BCUT2D eigenvalue weighted by molar-refractivity contribution is -0.120. The molecular weight excluding hydrogens is 318 g/mol. The number of carbonyl (C=O) groups is 1. The molecule has 0 aromatic heterocycles. The van der Waals surface area contributed by atoms with Crippen molar-refractivity contribution in [2.75, 3.05) is 7.11 Å². The molecule has 0 aliphatic heterocycles. The predicted molar refractivity (Wildman–Crippen MR) is 82.7 cm³/mol. The Balaban J connectivity index is 1.90. The Labute approximate surface area is 127 Å². The normalized spacial score (nSPS) is 10.1. The van der Waals surface area contributed by atoms with Crippen molar-refractivity contribution < 1.29 is 9.53 Å². The van der Waals surface area contributed by atoms with Crippen LogP contribution in [0.2, 0.25) is 0 Å². The standard InChI is InChI=1S/C16H16BrNO2/c1-20-15-8-7-13(9-14(15)17)10-16(19)18-11-12-5-3-2-4-6-12/h2-9H,10-11H2,1H3,(H,18,19). The van der Waals surface area contributed by atoms with E-state index in [1.165, 1.54) is 0 Å². The van der Waals surface area contributed by atoms with Gasteiger partial charge in [-0.1, -0.05) is 36.4 Å². The van der Waals surface area contributed by atoms with Crippen molar-refractivity contribution in [2.24, 2.45) is 0 Å². The lowest BCUT2D eigenvalue weighted by atomic mass is 10.1.